The van der Waals surface area contributed by atoms with E-state index < -0.39 is 0 Å². The number of para-hydroxylation sites is 1. The molecule has 1 heterocycles. The van der Waals surface area contributed by atoms with Gasteiger partial charge in [-0.3, -0.25) is 4.98 Å². The first-order valence-electron chi connectivity index (χ1n) is 5.36. The van der Waals surface area contributed by atoms with Crippen molar-refractivity contribution < 1.29 is 4.74 Å². The van der Waals surface area contributed by atoms with Crippen LogP contribution in [0.15, 0.2) is 42.6 Å². The van der Waals surface area contributed by atoms with Crippen LogP contribution < -0.4 is 4.74 Å². The quantitative estimate of drug-likeness (QED) is 0.780. The van der Waals surface area contributed by atoms with Crippen LogP contribution in [0.5, 0.6) is 5.75 Å². The van der Waals surface area contributed by atoms with Crippen LogP contribution in [-0.2, 0) is 6.61 Å². The van der Waals surface area contributed by atoms with Crippen molar-refractivity contribution in [1.29, 1.82) is 0 Å². The van der Waals surface area contributed by atoms with Crippen molar-refractivity contribution >= 4 is 0 Å². The molecule has 0 saturated heterocycles. The third kappa shape index (κ3) is 2.40. The van der Waals surface area contributed by atoms with Gasteiger partial charge in [0.1, 0.15) is 12.4 Å². The van der Waals surface area contributed by atoms with E-state index in [1.807, 2.05) is 24.3 Å². The summed E-state index contributed by atoms with van der Waals surface area (Å²) in [6.07, 6.45) is 1.78. The molecule has 16 heavy (non-hydrogen) atoms. The summed E-state index contributed by atoms with van der Waals surface area (Å²) in [5, 5.41) is 0. The van der Waals surface area contributed by atoms with Gasteiger partial charge in [-0.05, 0) is 37.1 Å². The maximum atomic E-state index is 5.79. The van der Waals surface area contributed by atoms with Crippen LogP contribution in [0.25, 0.3) is 0 Å². The number of hydrogen-bond acceptors (Lipinski definition) is 2. The summed E-state index contributed by atoms with van der Waals surface area (Å²) in [5.41, 5.74) is 3.28. The fraction of sp³-hybridized carbons (Fsp3) is 0.214. The van der Waals surface area contributed by atoms with Gasteiger partial charge in [0.15, 0.2) is 0 Å². The average molecular weight is 213 g/mol. The fourth-order valence-electron chi connectivity index (χ4n) is 1.66. The van der Waals surface area contributed by atoms with E-state index in [1.54, 1.807) is 6.20 Å². The molecule has 2 heteroatoms. The lowest BCUT2D eigenvalue weighted by Gasteiger charge is -2.11. The smallest absolute Gasteiger partial charge is 0.130 e. The Hall–Kier alpha value is -1.83. The fourth-order valence-corrected chi connectivity index (χ4v) is 1.66. The number of aryl methyl sites for hydroxylation is 2. The van der Waals surface area contributed by atoms with E-state index in [2.05, 4.69) is 31.0 Å². The molecule has 0 unspecified atom stereocenters. The first-order valence-corrected chi connectivity index (χ1v) is 5.36. The minimum atomic E-state index is 0.520. The second-order valence-corrected chi connectivity index (χ2v) is 3.83. The Morgan fingerprint density at radius 1 is 1.00 bits per heavy atom. The molecular weight excluding hydrogens is 198 g/mol. The van der Waals surface area contributed by atoms with Crippen molar-refractivity contribution in [2.45, 2.75) is 20.5 Å². The molecule has 1 aromatic carbocycles. The third-order valence-electron chi connectivity index (χ3n) is 2.50. The van der Waals surface area contributed by atoms with E-state index in [0.717, 1.165) is 22.6 Å². The molecule has 0 N–H and O–H groups in total. The summed E-state index contributed by atoms with van der Waals surface area (Å²) in [6.45, 7) is 4.63. The van der Waals surface area contributed by atoms with Crippen LogP contribution in [0.1, 0.15) is 16.8 Å². The van der Waals surface area contributed by atoms with Gasteiger partial charge in [-0.15, -0.1) is 0 Å². The second kappa shape index (κ2) is 4.79. The van der Waals surface area contributed by atoms with Gasteiger partial charge in [-0.1, -0.05) is 24.3 Å². The number of hydrogen-bond donors (Lipinski definition) is 0. The Bertz CT molecular complexity index is 445. The van der Waals surface area contributed by atoms with Gasteiger partial charge in [0.25, 0.3) is 0 Å². The Morgan fingerprint density at radius 2 is 1.75 bits per heavy atom. The van der Waals surface area contributed by atoms with Crippen molar-refractivity contribution in [3.63, 3.8) is 0 Å². The van der Waals surface area contributed by atoms with Crippen molar-refractivity contribution in [1.82, 2.24) is 4.98 Å². The Kier molecular flexibility index (Phi) is 3.20. The molecule has 0 radical (unpaired) electrons. The topological polar surface area (TPSA) is 22.1 Å². The van der Waals surface area contributed by atoms with E-state index in [-0.39, 0.29) is 0 Å². The highest BCUT2D eigenvalue weighted by atomic mass is 16.5. The summed E-state index contributed by atoms with van der Waals surface area (Å²) in [7, 11) is 0. The number of aromatic nitrogens is 1. The monoisotopic (exact) mass is 213 g/mol. The molecule has 0 aliphatic carbocycles. The van der Waals surface area contributed by atoms with Crippen molar-refractivity contribution in [2.24, 2.45) is 0 Å². The van der Waals surface area contributed by atoms with E-state index >= 15 is 0 Å². The van der Waals surface area contributed by atoms with Crippen molar-refractivity contribution in [2.75, 3.05) is 0 Å². The molecule has 2 nitrogen and oxygen atoms in total. The zero-order valence-corrected chi connectivity index (χ0v) is 9.60. The maximum absolute atomic E-state index is 5.79. The van der Waals surface area contributed by atoms with Gasteiger partial charge >= 0.3 is 0 Å². The standard InChI is InChI=1S/C14H15NO/c1-11-6-5-7-12(2)14(11)16-10-13-8-3-4-9-15-13/h3-9H,10H2,1-2H3. The van der Waals surface area contributed by atoms with Gasteiger partial charge < -0.3 is 4.74 Å². The number of ether oxygens (including phenoxy) is 1. The summed E-state index contributed by atoms with van der Waals surface area (Å²) in [4.78, 5) is 4.23. The maximum Gasteiger partial charge on any atom is 0.130 e. The number of nitrogens with zero attached hydrogens (tertiary/aromatic N) is 1. The molecule has 0 fully saturated rings. The van der Waals surface area contributed by atoms with E-state index in [0.29, 0.717) is 6.61 Å². The largest absolute Gasteiger partial charge is 0.487 e. The summed E-state index contributed by atoms with van der Waals surface area (Å²) >= 11 is 0. The van der Waals surface area contributed by atoms with E-state index in [9.17, 15) is 0 Å². The molecule has 0 atom stereocenters. The predicted octanol–water partition coefficient (Wildman–Crippen LogP) is 3.28. The minimum absolute atomic E-state index is 0.520. The number of benzene rings is 1. The van der Waals surface area contributed by atoms with Crippen LogP contribution in [0.4, 0.5) is 0 Å². The van der Waals surface area contributed by atoms with Gasteiger partial charge in [0, 0.05) is 6.20 Å². The molecule has 0 spiro atoms. The van der Waals surface area contributed by atoms with Crippen LogP contribution in [0.2, 0.25) is 0 Å². The SMILES string of the molecule is Cc1cccc(C)c1OCc1ccccn1. The third-order valence-corrected chi connectivity index (χ3v) is 2.50. The van der Waals surface area contributed by atoms with Gasteiger partial charge in [-0.2, -0.15) is 0 Å². The number of rotatable bonds is 3. The zero-order chi connectivity index (χ0) is 11.4. The lowest BCUT2D eigenvalue weighted by Crippen LogP contribution is -2.00. The molecule has 2 aromatic rings. The van der Waals surface area contributed by atoms with Crippen LogP contribution in [0, 0.1) is 13.8 Å². The lowest BCUT2D eigenvalue weighted by molar-refractivity contribution is 0.297. The lowest BCUT2D eigenvalue weighted by atomic mass is 10.1. The Balaban J connectivity index is 2.11. The molecule has 0 amide bonds. The molecule has 82 valence electrons. The van der Waals surface area contributed by atoms with Gasteiger partial charge in [-0.25, -0.2) is 0 Å². The van der Waals surface area contributed by atoms with Crippen LogP contribution >= 0.6 is 0 Å². The highest BCUT2D eigenvalue weighted by molar-refractivity contribution is 5.39. The molecule has 2 rings (SSSR count). The highest BCUT2D eigenvalue weighted by Gasteiger charge is 2.03. The number of pyridine rings is 1. The van der Waals surface area contributed by atoms with E-state index in [4.69, 9.17) is 4.74 Å². The molecule has 0 aliphatic heterocycles. The molecule has 0 bridgehead atoms. The Morgan fingerprint density at radius 3 is 2.38 bits per heavy atom. The predicted molar refractivity (Wildman–Crippen MR) is 64.5 cm³/mol. The summed E-state index contributed by atoms with van der Waals surface area (Å²) in [6, 6.07) is 12.0. The second-order valence-electron chi connectivity index (χ2n) is 3.83. The van der Waals surface area contributed by atoms with Gasteiger partial charge in [0.2, 0.25) is 0 Å². The highest BCUT2D eigenvalue weighted by Crippen LogP contribution is 2.22. The van der Waals surface area contributed by atoms with Crippen LogP contribution in [0.3, 0.4) is 0 Å². The molecule has 1 aromatic heterocycles. The Labute approximate surface area is 95.9 Å². The normalized spacial score (nSPS) is 10.1. The van der Waals surface area contributed by atoms with Crippen molar-refractivity contribution in [3.05, 3.63) is 59.4 Å². The van der Waals surface area contributed by atoms with Gasteiger partial charge in [0.05, 0.1) is 5.69 Å². The first-order chi connectivity index (χ1) is 7.77. The summed E-state index contributed by atoms with van der Waals surface area (Å²) < 4.78 is 5.79. The van der Waals surface area contributed by atoms with E-state index in [1.165, 1.54) is 0 Å². The first kappa shape index (κ1) is 10.7. The molecular formula is C14H15NO. The van der Waals surface area contributed by atoms with Crippen molar-refractivity contribution in [3.8, 4) is 5.75 Å². The zero-order valence-electron chi connectivity index (χ0n) is 9.60. The molecule has 0 aliphatic rings. The molecule has 0 saturated carbocycles. The van der Waals surface area contributed by atoms with Crippen LogP contribution in [-0.4, -0.2) is 4.98 Å². The summed E-state index contributed by atoms with van der Waals surface area (Å²) in [5.74, 6) is 0.966. The minimum Gasteiger partial charge on any atom is -0.487 e. The average Bonchev–Trinajstić information content (AvgIpc) is 2.30.